The minimum Gasteiger partial charge on any atom is -0.342 e. The largest absolute Gasteiger partial charge is 0.342 e. The first kappa shape index (κ1) is 13.2. The van der Waals surface area contributed by atoms with Crippen LogP contribution in [0, 0.1) is 11.3 Å². The molecule has 3 nitrogen and oxygen atoms in total. The average Bonchev–Trinajstić information content (AvgIpc) is 2.91. The molecule has 1 heterocycles. The molecule has 1 aliphatic carbocycles. The highest BCUT2D eigenvalue weighted by Crippen LogP contribution is 2.33. The van der Waals surface area contributed by atoms with Gasteiger partial charge in [0.15, 0.2) is 0 Å². The molecule has 0 radical (unpaired) electrons. The monoisotopic (exact) mass is 267 g/mol. The van der Waals surface area contributed by atoms with Crippen LogP contribution in [-0.2, 0) is 5.41 Å². The van der Waals surface area contributed by atoms with Gasteiger partial charge in [0.2, 0.25) is 0 Å². The van der Waals surface area contributed by atoms with Gasteiger partial charge in [-0.05, 0) is 44.4 Å². The van der Waals surface area contributed by atoms with Crippen molar-refractivity contribution in [1.29, 1.82) is 5.26 Å². The standard InChI is InChI=1S/C17H21N3/c1-17(2,11-18)13-8-9-14-15(10-13)20-16(19-14)12-6-4-3-5-7-12/h8-10,12H,3-7H2,1-2H3,(H,19,20). The summed E-state index contributed by atoms with van der Waals surface area (Å²) in [4.78, 5) is 8.23. The van der Waals surface area contributed by atoms with Gasteiger partial charge in [-0.15, -0.1) is 0 Å². The summed E-state index contributed by atoms with van der Waals surface area (Å²) in [6, 6.07) is 8.50. The van der Waals surface area contributed by atoms with E-state index in [1.165, 1.54) is 32.1 Å². The Hall–Kier alpha value is -1.82. The fourth-order valence-electron chi connectivity index (χ4n) is 3.05. The highest BCUT2D eigenvalue weighted by Gasteiger charge is 2.22. The van der Waals surface area contributed by atoms with Crippen LogP contribution >= 0.6 is 0 Å². The molecule has 1 aromatic carbocycles. The number of nitrogens with one attached hydrogen (secondary N) is 1. The van der Waals surface area contributed by atoms with Gasteiger partial charge in [0.25, 0.3) is 0 Å². The number of rotatable bonds is 2. The lowest BCUT2D eigenvalue weighted by atomic mass is 9.86. The summed E-state index contributed by atoms with van der Waals surface area (Å²) in [5.74, 6) is 1.72. The molecule has 1 fully saturated rings. The highest BCUT2D eigenvalue weighted by atomic mass is 14.9. The smallest absolute Gasteiger partial charge is 0.110 e. The van der Waals surface area contributed by atoms with Crippen LogP contribution in [0.5, 0.6) is 0 Å². The molecule has 20 heavy (non-hydrogen) atoms. The van der Waals surface area contributed by atoms with Crippen LogP contribution in [-0.4, -0.2) is 9.97 Å². The van der Waals surface area contributed by atoms with E-state index in [9.17, 15) is 5.26 Å². The van der Waals surface area contributed by atoms with Crippen molar-refractivity contribution in [2.24, 2.45) is 0 Å². The summed E-state index contributed by atoms with van der Waals surface area (Å²) in [5.41, 5.74) is 2.67. The molecule has 1 aliphatic rings. The molecule has 3 heteroatoms. The minimum absolute atomic E-state index is 0.454. The van der Waals surface area contributed by atoms with E-state index in [4.69, 9.17) is 4.98 Å². The maximum Gasteiger partial charge on any atom is 0.110 e. The van der Waals surface area contributed by atoms with Gasteiger partial charge in [0.1, 0.15) is 5.82 Å². The maximum atomic E-state index is 9.25. The predicted molar refractivity (Wildman–Crippen MR) is 80.6 cm³/mol. The molecule has 1 saturated carbocycles. The van der Waals surface area contributed by atoms with Gasteiger partial charge in [0.05, 0.1) is 22.5 Å². The van der Waals surface area contributed by atoms with E-state index in [0.717, 1.165) is 22.4 Å². The molecule has 3 rings (SSSR count). The average molecular weight is 267 g/mol. The lowest BCUT2D eigenvalue weighted by molar-refractivity contribution is 0.431. The Morgan fingerprint density at radius 2 is 2.00 bits per heavy atom. The van der Waals surface area contributed by atoms with E-state index >= 15 is 0 Å². The zero-order valence-electron chi connectivity index (χ0n) is 12.2. The summed E-state index contributed by atoms with van der Waals surface area (Å²) in [7, 11) is 0. The molecule has 0 spiro atoms. The quantitative estimate of drug-likeness (QED) is 0.876. The van der Waals surface area contributed by atoms with Crippen LogP contribution in [0.4, 0.5) is 0 Å². The maximum absolute atomic E-state index is 9.25. The van der Waals surface area contributed by atoms with Crippen LogP contribution in [0.3, 0.4) is 0 Å². The van der Waals surface area contributed by atoms with Gasteiger partial charge >= 0.3 is 0 Å². The van der Waals surface area contributed by atoms with Crippen molar-refractivity contribution in [2.45, 2.75) is 57.3 Å². The summed E-state index contributed by atoms with van der Waals surface area (Å²) in [6.45, 7) is 3.90. The third-order valence-corrected chi connectivity index (χ3v) is 4.49. The van der Waals surface area contributed by atoms with Crippen LogP contribution < -0.4 is 0 Å². The number of nitriles is 1. The zero-order valence-corrected chi connectivity index (χ0v) is 12.2. The lowest BCUT2D eigenvalue weighted by Gasteiger charge is -2.19. The van der Waals surface area contributed by atoms with Gasteiger partial charge in [-0.1, -0.05) is 25.3 Å². The fraction of sp³-hybridized carbons (Fsp3) is 0.529. The lowest BCUT2D eigenvalue weighted by Crippen LogP contribution is -2.13. The number of H-pyrrole nitrogens is 1. The summed E-state index contributed by atoms with van der Waals surface area (Å²) in [5, 5.41) is 9.25. The van der Waals surface area contributed by atoms with Crippen molar-refractivity contribution in [3.8, 4) is 6.07 Å². The molecule has 0 aliphatic heterocycles. The second kappa shape index (κ2) is 4.94. The first-order valence-corrected chi connectivity index (χ1v) is 7.51. The van der Waals surface area contributed by atoms with Crippen LogP contribution in [0.1, 0.15) is 63.3 Å². The molecular formula is C17H21N3. The van der Waals surface area contributed by atoms with Crippen molar-refractivity contribution in [2.75, 3.05) is 0 Å². The van der Waals surface area contributed by atoms with Gasteiger partial charge in [-0.25, -0.2) is 4.98 Å². The van der Waals surface area contributed by atoms with Crippen molar-refractivity contribution in [3.05, 3.63) is 29.6 Å². The van der Waals surface area contributed by atoms with Crippen molar-refractivity contribution in [1.82, 2.24) is 9.97 Å². The van der Waals surface area contributed by atoms with E-state index in [2.05, 4.69) is 17.1 Å². The van der Waals surface area contributed by atoms with E-state index in [1.807, 2.05) is 26.0 Å². The number of hydrogen-bond donors (Lipinski definition) is 1. The number of fused-ring (bicyclic) bond motifs is 1. The van der Waals surface area contributed by atoms with Crippen molar-refractivity contribution >= 4 is 11.0 Å². The number of benzene rings is 1. The van der Waals surface area contributed by atoms with Gasteiger partial charge in [-0.2, -0.15) is 5.26 Å². The SMILES string of the molecule is CC(C)(C#N)c1ccc2nc(C3CCCCC3)[nH]c2c1. The molecule has 0 saturated heterocycles. The third-order valence-electron chi connectivity index (χ3n) is 4.49. The van der Waals surface area contributed by atoms with Gasteiger partial charge in [-0.3, -0.25) is 0 Å². The van der Waals surface area contributed by atoms with Crippen molar-refractivity contribution < 1.29 is 0 Å². The molecule has 0 bridgehead atoms. The van der Waals surface area contributed by atoms with Crippen LogP contribution in [0.25, 0.3) is 11.0 Å². The first-order valence-electron chi connectivity index (χ1n) is 7.51. The second-order valence-electron chi connectivity index (χ2n) is 6.43. The Kier molecular flexibility index (Phi) is 3.25. The van der Waals surface area contributed by atoms with E-state index in [0.29, 0.717) is 5.92 Å². The molecule has 0 amide bonds. The summed E-state index contributed by atoms with van der Waals surface area (Å²) < 4.78 is 0. The van der Waals surface area contributed by atoms with E-state index in [1.54, 1.807) is 0 Å². The highest BCUT2D eigenvalue weighted by molar-refractivity contribution is 5.76. The van der Waals surface area contributed by atoms with Gasteiger partial charge < -0.3 is 4.98 Å². The molecule has 0 atom stereocenters. The third kappa shape index (κ3) is 2.31. The summed E-state index contributed by atoms with van der Waals surface area (Å²) in [6.07, 6.45) is 6.48. The van der Waals surface area contributed by atoms with Crippen LogP contribution in [0.2, 0.25) is 0 Å². The normalized spacial score (nSPS) is 17.2. The number of aromatic amines is 1. The molecule has 2 aromatic rings. The number of hydrogen-bond acceptors (Lipinski definition) is 2. The number of imidazole rings is 1. The van der Waals surface area contributed by atoms with E-state index < -0.39 is 5.41 Å². The van der Waals surface area contributed by atoms with Gasteiger partial charge in [0, 0.05) is 5.92 Å². The topological polar surface area (TPSA) is 52.5 Å². The van der Waals surface area contributed by atoms with Crippen molar-refractivity contribution in [3.63, 3.8) is 0 Å². The van der Waals surface area contributed by atoms with E-state index in [-0.39, 0.29) is 0 Å². The Balaban J connectivity index is 1.97. The summed E-state index contributed by atoms with van der Waals surface area (Å²) >= 11 is 0. The predicted octanol–water partition coefficient (Wildman–Crippen LogP) is 4.41. The molecule has 104 valence electrons. The minimum atomic E-state index is -0.454. The molecule has 1 N–H and O–H groups in total. The molecular weight excluding hydrogens is 246 g/mol. The Bertz CT molecular complexity index is 654. The van der Waals surface area contributed by atoms with Crippen LogP contribution in [0.15, 0.2) is 18.2 Å². The molecule has 0 unspecified atom stereocenters. The fourth-order valence-corrected chi connectivity index (χ4v) is 3.05. The Morgan fingerprint density at radius 3 is 2.70 bits per heavy atom. The first-order chi connectivity index (χ1) is 9.60. The Labute approximate surface area is 120 Å². The number of aromatic nitrogens is 2. The second-order valence-corrected chi connectivity index (χ2v) is 6.43. The number of nitrogens with zero attached hydrogens (tertiary/aromatic N) is 2. The molecule has 1 aromatic heterocycles. The Morgan fingerprint density at radius 1 is 1.25 bits per heavy atom. The zero-order chi connectivity index (χ0) is 14.2.